The van der Waals surface area contributed by atoms with Crippen molar-refractivity contribution in [3.63, 3.8) is 0 Å². The molecular weight excluding hydrogens is 258 g/mol. The number of hydrogen-bond acceptors (Lipinski definition) is 2. The molecule has 1 aliphatic rings. The second kappa shape index (κ2) is 8.87. The van der Waals surface area contributed by atoms with Gasteiger partial charge >= 0.3 is 0 Å². The van der Waals surface area contributed by atoms with Crippen LogP contribution in [0.25, 0.3) is 0 Å². The number of likely N-dealkylation sites (tertiary alicyclic amines) is 1. The van der Waals surface area contributed by atoms with Crippen LogP contribution in [0.4, 0.5) is 0 Å². The molecule has 2 nitrogen and oxygen atoms in total. The third kappa shape index (κ3) is 5.19. The van der Waals surface area contributed by atoms with Gasteiger partial charge in [-0.1, -0.05) is 43.7 Å². The third-order valence-electron chi connectivity index (χ3n) is 4.18. The van der Waals surface area contributed by atoms with E-state index in [2.05, 4.69) is 47.9 Å². The molecule has 1 N–H and O–H groups in total. The van der Waals surface area contributed by atoms with E-state index in [1.807, 2.05) is 0 Å². The van der Waals surface area contributed by atoms with Gasteiger partial charge < -0.3 is 5.11 Å². The fourth-order valence-corrected chi connectivity index (χ4v) is 3.08. The van der Waals surface area contributed by atoms with Gasteiger partial charge in [-0.05, 0) is 43.5 Å². The molecule has 1 atom stereocenters. The number of nitrogens with zero attached hydrogens (tertiary/aromatic N) is 1. The Hall–Kier alpha value is -1.30. The minimum Gasteiger partial charge on any atom is -0.395 e. The molecule has 0 amide bonds. The SMILES string of the molecule is CCCC1CCCCN1Cc1ccc(C#CCCO)cc1. The molecule has 1 saturated heterocycles. The highest BCUT2D eigenvalue weighted by atomic mass is 16.2. The summed E-state index contributed by atoms with van der Waals surface area (Å²) in [5.74, 6) is 6.05. The predicted molar refractivity (Wildman–Crippen MR) is 88.0 cm³/mol. The smallest absolute Gasteiger partial charge is 0.0540 e. The minimum atomic E-state index is 0.138. The van der Waals surface area contributed by atoms with Crippen LogP contribution >= 0.6 is 0 Å². The number of aliphatic hydroxyl groups is 1. The number of piperidine rings is 1. The van der Waals surface area contributed by atoms with Crippen LogP contribution < -0.4 is 0 Å². The van der Waals surface area contributed by atoms with Gasteiger partial charge in [-0.15, -0.1) is 0 Å². The average molecular weight is 285 g/mol. The molecule has 0 spiro atoms. The zero-order chi connectivity index (χ0) is 14.9. The summed E-state index contributed by atoms with van der Waals surface area (Å²) < 4.78 is 0. The van der Waals surface area contributed by atoms with E-state index < -0.39 is 0 Å². The maximum Gasteiger partial charge on any atom is 0.0540 e. The summed E-state index contributed by atoms with van der Waals surface area (Å²) in [7, 11) is 0. The Kier molecular flexibility index (Phi) is 6.79. The van der Waals surface area contributed by atoms with Crippen molar-refractivity contribution in [3.8, 4) is 11.8 Å². The standard InChI is InChI=1S/C19H27NO/c1-2-7-19-9-3-5-14-20(19)16-18-12-10-17(11-13-18)8-4-6-15-21/h10-13,19,21H,2-3,5-7,9,14-16H2,1H3. The van der Waals surface area contributed by atoms with Gasteiger partial charge in [-0.25, -0.2) is 0 Å². The van der Waals surface area contributed by atoms with Crippen molar-refractivity contribution in [2.75, 3.05) is 13.2 Å². The summed E-state index contributed by atoms with van der Waals surface area (Å²) in [6, 6.07) is 9.35. The molecule has 1 aromatic carbocycles. The normalized spacial score (nSPS) is 19.0. The van der Waals surface area contributed by atoms with Gasteiger partial charge in [0.1, 0.15) is 0 Å². The Morgan fingerprint density at radius 3 is 2.76 bits per heavy atom. The van der Waals surface area contributed by atoms with Crippen LogP contribution in [0.3, 0.4) is 0 Å². The molecule has 0 bridgehead atoms. The number of benzene rings is 1. The summed E-state index contributed by atoms with van der Waals surface area (Å²) >= 11 is 0. The van der Waals surface area contributed by atoms with Gasteiger partial charge in [0, 0.05) is 24.6 Å². The Labute approximate surface area is 129 Å². The van der Waals surface area contributed by atoms with Crippen LogP contribution in [0.1, 0.15) is 56.6 Å². The van der Waals surface area contributed by atoms with Gasteiger partial charge in [0.25, 0.3) is 0 Å². The topological polar surface area (TPSA) is 23.5 Å². The quantitative estimate of drug-likeness (QED) is 0.836. The zero-order valence-corrected chi connectivity index (χ0v) is 13.1. The molecule has 2 rings (SSSR count). The monoisotopic (exact) mass is 285 g/mol. The minimum absolute atomic E-state index is 0.138. The van der Waals surface area contributed by atoms with Crippen LogP contribution in [0.15, 0.2) is 24.3 Å². The lowest BCUT2D eigenvalue weighted by atomic mass is 9.97. The van der Waals surface area contributed by atoms with Crippen molar-refractivity contribution in [1.82, 2.24) is 4.90 Å². The molecule has 2 heteroatoms. The molecule has 0 aromatic heterocycles. The molecule has 21 heavy (non-hydrogen) atoms. The van der Waals surface area contributed by atoms with Crippen molar-refractivity contribution in [3.05, 3.63) is 35.4 Å². The van der Waals surface area contributed by atoms with Crippen molar-refractivity contribution in [2.24, 2.45) is 0 Å². The van der Waals surface area contributed by atoms with Crippen molar-refractivity contribution in [1.29, 1.82) is 0 Å². The molecule has 1 heterocycles. The van der Waals surface area contributed by atoms with E-state index in [0.29, 0.717) is 6.42 Å². The summed E-state index contributed by atoms with van der Waals surface area (Å²) in [5, 5.41) is 8.73. The van der Waals surface area contributed by atoms with E-state index in [4.69, 9.17) is 5.11 Å². The number of aliphatic hydroxyl groups excluding tert-OH is 1. The Balaban J connectivity index is 1.94. The molecule has 1 aromatic rings. The fourth-order valence-electron chi connectivity index (χ4n) is 3.08. The molecular formula is C19H27NO. The van der Waals surface area contributed by atoms with E-state index >= 15 is 0 Å². The van der Waals surface area contributed by atoms with Gasteiger partial charge in [-0.2, -0.15) is 0 Å². The Morgan fingerprint density at radius 1 is 1.24 bits per heavy atom. The van der Waals surface area contributed by atoms with Crippen LogP contribution in [0.2, 0.25) is 0 Å². The van der Waals surface area contributed by atoms with E-state index in [-0.39, 0.29) is 6.61 Å². The lowest BCUT2D eigenvalue weighted by molar-refractivity contribution is 0.131. The van der Waals surface area contributed by atoms with Gasteiger partial charge in [0.05, 0.1) is 6.61 Å². The average Bonchev–Trinajstić information content (AvgIpc) is 2.51. The Bertz CT molecular complexity index is 467. The lowest BCUT2D eigenvalue weighted by Gasteiger charge is -2.35. The predicted octanol–water partition coefficient (Wildman–Crippen LogP) is 3.58. The first-order chi connectivity index (χ1) is 10.3. The van der Waals surface area contributed by atoms with E-state index in [1.54, 1.807) is 0 Å². The largest absolute Gasteiger partial charge is 0.395 e. The number of hydrogen-bond donors (Lipinski definition) is 1. The molecule has 0 saturated carbocycles. The molecule has 1 unspecified atom stereocenters. The van der Waals surface area contributed by atoms with E-state index in [1.165, 1.54) is 44.2 Å². The molecule has 1 fully saturated rings. The highest BCUT2D eigenvalue weighted by Crippen LogP contribution is 2.22. The van der Waals surface area contributed by atoms with Crippen LogP contribution in [0.5, 0.6) is 0 Å². The lowest BCUT2D eigenvalue weighted by Crippen LogP contribution is -2.38. The fraction of sp³-hybridized carbons (Fsp3) is 0.579. The maximum absolute atomic E-state index is 8.73. The highest BCUT2D eigenvalue weighted by Gasteiger charge is 2.21. The van der Waals surface area contributed by atoms with E-state index in [0.717, 1.165) is 18.2 Å². The Morgan fingerprint density at radius 2 is 2.05 bits per heavy atom. The van der Waals surface area contributed by atoms with Gasteiger partial charge in [-0.3, -0.25) is 4.90 Å². The molecule has 0 radical (unpaired) electrons. The zero-order valence-electron chi connectivity index (χ0n) is 13.1. The van der Waals surface area contributed by atoms with Crippen molar-refractivity contribution in [2.45, 2.75) is 58.0 Å². The highest BCUT2D eigenvalue weighted by molar-refractivity contribution is 5.36. The van der Waals surface area contributed by atoms with Crippen molar-refractivity contribution < 1.29 is 5.11 Å². The van der Waals surface area contributed by atoms with E-state index in [9.17, 15) is 0 Å². The molecule has 114 valence electrons. The van der Waals surface area contributed by atoms with Crippen LogP contribution in [-0.2, 0) is 6.54 Å². The molecule has 0 aliphatic carbocycles. The second-order valence-electron chi connectivity index (χ2n) is 5.88. The maximum atomic E-state index is 8.73. The summed E-state index contributed by atoms with van der Waals surface area (Å²) in [6.07, 6.45) is 7.24. The third-order valence-corrected chi connectivity index (χ3v) is 4.18. The summed E-state index contributed by atoms with van der Waals surface area (Å²) in [4.78, 5) is 2.65. The van der Waals surface area contributed by atoms with Gasteiger partial charge in [0.2, 0.25) is 0 Å². The first-order valence-electron chi connectivity index (χ1n) is 8.26. The summed E-state index contributed by atoms with van der Waals surface area (Å²) in [5.41, 5.74) is 2.42. The molecule has 1 aliphatic heterocycles. The summed E-state index contributed by atoms with van der Waals surface area (Å²) in [6.45, 7) is 4.73. The van der Waals surface area contributed by atoms with Gasteiger partial charge in [0.15, 0.2) is 0 Å². The van der Waals surface area contributed by atoms with Crippen molar-refractivity contribution >= 4 is 0 Å². The second-order valence-corrected chi connectivity index (χ2v) is 5.88. The van der Waals surface area contributed by atoms with Crippen LogP contribution in [0, 0.1) is 11.8 Å². The van der Waals surface area contributed by atoms with Crippen LogP contribution in [-0.4, -0.2) is 29.2 Å². The number of rotatable bonds is 5. The first-order valence-corrected chi connectivity index (χ1v) is 8.26. The first kappa shape index (κ1) is 16.1.